The third-order valence-electron chi connectivity index (χ3n) is 4.26. The van der Waals surface area contributed by atoms with Crippen molar-refractivity contribution in [3.63, 3.8) is 0 Å². The van der Waals surface area contributed by atoms with E-state index in [1.807, 2.05) is 17.2 Å². The Kier molecular flexibility index (Phi) is 3.06. The van der Waals surface area contributed by atoms with E-state index in [0.717, 1.165) is 32.5 Å². The average Bonchev–Trinajstić information content (AvgIpc) is 2.80. The largest absolute Gasteiger partial charge is 0.387 e. The first-order valence-corrected chi connectivity index (χ1v) is 6.81. The standard InChI is InChI=1S/C14H20N4O/c15-13(19)18-12(11-2-1-7-17-10-11)3-4-14(18)5-8-16-9-6-14/h1-4,7,12,16-17H,5-6,8-10H2,(H2,15,19). The molecule has 0 bridgehead atoms. The van der Waals surface area contributed by atoms with Crippen molar-refractivity contribution < 1.29 is 4.79 Å². The van der Waals surface area contributed by atoms with E-state index in [2.05, 4.69) is 28.9 Å². The van der Waals surface area contributed by atoms with Crippen molar-refractivity contribution in [3.05, 3.63) is 36.1 Å². The second-order valence-electron chi connectivity index (χ2n) is 5.35. The molecule has 1 saturated heterocycles. The molecule has 0 saturated carbocycles. The van der Waals surface area contributed by atoms with Crippen molar-refractivity contribution in [1.29, 1.82) is 0 Å². The Bertz CT molecular complexity index is 460. The van der Waals surface area contributed by atoms with Crippen molar-refractivity contribution in [2.24, 2.45) is 5.73 Å². The number of piperidine rings is 1. The monoisotopic (exact) mass is 260 g/mol. The Morgan fingerprint density at radius 3 is 2.84 bits per heavy atom. The predicted molar refractivity (Wildman–Crippen MR) is 74.4 cm³/mol. The number of primary amides is 1. The Balaban J connectivity index is 1.90. The van der Waals surface area contributed by atoms with Gasteiger partial charge in [-0.3, -0.25) is 0 Å². The van der Waals surface area contributed by atoms with Crippen molar-refractivity contribution in [2.75, 3.05) is 19.6 Å². The number of hydrogen-bond donors (Lipinski definition) is 3. The highest BCUT2D eigenvalue weighted by atomic mass is 16.2. The fraction of sp³-hybridized carbons (Fsp3) is 0.500. The number of nitrogens with one attached hydrogen (secondary N) is 2. The third-order valence-corrected chi connectivity index (χ3v) is 4.26. The zero-order valence-corrected chi connectivity index (χ0v) is 10.9. The van der Waals surface area contributed by atoms with E-state index >= 15 is 0 Å². The van der Waals surface area contributed by atoms with Crippen LogP contribution in [0.5, 0.6) is 0 Å². The van der Waals surface area contributed by atoms with Crippen molar-refractivity contribution in [1.82, 2.24) is 15.5 Å². The molecular weight excluding hydrogens is 240 g/mol. The lowest BCUT2D eigenvalue weighted by Crippen LogP contribution is -2.58. The van der Waals surface area contributed by atoms with E-state index in [0.29, 0.717) is 0 Å². The summed E-state index contributed by atoms with van der Waals surface area (Å²) in [6, 6.07) is -0.333. The molecule has 3 rings (SSSR count). The average molecular weight is 260 g/mol. The first-order valence-electron chi connectivity index (χ1n) is 6.81. The van der Waals surface area contributed by atoms with Gasteiger partial charge in [0.1, 0.15) is 0 Å². The zero-order chi connectivity index (χ0) is 13.3. The van der Waals surface area contributed by atoms with E-state index < -0.39 is 0 Å². The van der Waals surface area contributed by atoms with Crippen LogP contribution < -0.4 is 16.4 Å². The maximum atomic E-state index is 12.0. The van der Waals surface area contributed by atoms with Crippen LogP contribution in [0.2, 0.25) is 0 Å². The first-order chi connectivity index (χ1) is 9.23. The van der Waals surface area contributed by atoms with Gasteiger partial charge in [0.2, 0.25) is 0 Å². The molecule has 3 heterocycles. The minimum absolute atomic E-state index is 0.00644. The minimum Gasteiger partial charge on any atom is -0.387 e. The molecule has 0 radical (unpaired) electrons. The lowest BCUT2D eigenvalue weighted by Gasteiger charge is -2.43. The number of urea groups is 1. The molecular formula is C14H20N4O. The number of nitrogens with zero attached hydrogens (tertiary/aromatic N) is 1. The zero-order valence-electron chi connectivity index (χ0n) is 10.9. The molecule has 19 heavy (non-hydrogen) atoms. The summed E-state index contributed by atoms with van der Waals surface area (Å²) in [4.78, 5) is 13.8. The molecule has 5 heteroatoms. The molecule has 0 aliphatic carbocycles. The smallest absolute Gasteiger partial charge is 0.316 e. The normalized spacial score (nSPS) is 28.3. The second kappa shape index (κ2) is 4.74. The maximum absolute atomic E-state index is 12.0. The number of carbonyl (C=O) groups excluding carboxylic acids is 1. The van der Waals surface area contributed by atoms with E-state index in [1.165, 1.54) is 5.57 Å². The molecule has 1 fully saturated rings. The van der Waals surface area contributed by atoms with Crippen LogP contribution in [0.4, 0.5) is 4.79 Å². The van der Waals surface area contributed by atoms with Gasteiger partial charge in [-0.15, -0.1) is 0 Å². The third kappa shape index (κ3) is 2.04. The molecule has 1 unspecified atom stereocenters. The number of carbonyl (C=O) groups is 1. The molecule has 102 valence electrons. The SMILES string of the molecule is NC(=O)N1C(C2=CC=CNC2)C=CC12CCNCC2. The number of dihydropyridines is 1. The topological polar surface area (TPSA) is 70.4 Å². The molecule has 0 aromatic rings. The van der Waals surface area contributed by atoms with E-state index in [4.69, 9.17) is 5.73 Å². The molecule has 2 amide bonds. The van der Waals surface area contributed by atoms with Crippen LogP contribution in [0, 0.1) is 0 Å². The number of allylic oxidation sites excluding steroid dienone is 2. The van der Waals surface area contributed by atoms with Gasteiger partial charge in [-0.2, -0.15) is 0 Å². The van der Waals surface area contributed by atoms with Gasteiger partial charge in [0.15, 0.2) is 0 Å². The summed E-state index contributed by atoms with van der Waals surface area (Å²) in [5.41, 5.74) is 6.66. The van der Waals surface area contributed by atoms with Crippen molar-refractivity contribution >= 4 is 6.03 Å². The highest BCUT2D eigenvalue weighted by molar-refractivity contribution is 5.76. The summed E-state index contributed by atoms with van der Waals surface area (Å²) in [7, 11) is 0. The minimum atomic E-state index is -0.327. The summed E-state index contributed by atoms with van der Waals surface area (Å²) in [5.74, 6) is 0. The Morgan fingerprint density at radius 1 is 1.42 bits per heavy atom. The van der Waals surface area contributed by atoms with Gasteiger partial charge in [0.05, 0.1) is 11.6 Å². The van der Waals surface area contributed by atoms with Crippen LogP contribution >= 0.6 is 0 Å². The van der Waals surface area contributed by atoms with Crippen molar-refractivity contribution in [3.8, 4) is 0 Å². The second-order valence-corrected chi connectivity index (χ2v) is 5.35. The Hall–Kier alpha value is -1.75. The molecule has 0 aromatic heterocycles. The maximum Gasteiger partial charge on any atom is 0.316 e. The van der Waals surface area contributed by atoms with Gasteiger partial charge >= 0.3 is 6.03 Å². The number of hydrogen-bond acceptors (Lipinski definition) is 3. The van der Waals surface area contributed by atoms with Gasteiger partial charge in [-0.05, 0) is 43.8 Å². The molecule has 0 aromatic carbocycles. The van der Waals surface area contributed by atoms with E-state index in [9.17, 15) is 4.79 Å². The van der Waals surface area contributed by atoms with Crippen molar-refractivity contribution in [2.45, 2.75) is 24.4 Å². The molecule has 3 aliphatic heterocycles. The van der Waals surface area contributed by atoms with Crippen LogP contribution in [0.3, 0.4) is 0 Å². The summed E-state index contributed by atoms with van der Waals surface area (Å²) >= 11 is 0. The summed E-state index contributed by atoms with van der Waals surface area (Å²) in [5, 5.41) is 6.53. The number of rotatable bonds is 1. The van der Waals surface area contributed by atoms with Gasteiger partial charge in [0.25, 0.3) is 0 Å². The Labute approximate surface area is 113 Å². The Morgan fingerprint density at radius 2 is 2.21 bits per heavy atom. The van der Waals surface area contributed by atoms with Gasteiger partial charge < -0.3 is 21.3 Å². The highest BCUT2D eigenvalue weighted by Gasteiger charge is 2.45. The van der Waals surface area contributed by atoms with Gasteiger partial charge in [-0.1, -0.05) is 18.2 Å². The summed E-state index contributed by atoms with van der Waals surface area (Å²) in [6.45, 7) is 2.62. The molecule has 1 atom stereocenters. The molecule has 3 aliphatic rings. The molecule has 5 nitrogen and oxygen atoms in total. The quantitative estimate of drug-likeness (QED) is 0.600. The van der Waals surface area contributed by atoms with E-state index in [1.54, 1.807) is 0 Å². The molecule has 4 N–H and O–H groups in total. The first kappa shape index (κ1) is 12.3. The lowest BCUT2D eigenvalue weighted by molar-refractivity contribution is 0.126. The highest BCUT2D eigenvalue weighted by Crippen LogP contribution is 2.37. The van der Waals surface area contributed by atoms with Gasteiger partial charge in [0, 0.05) is 6.54 Å². The number of nitrogens with two attached hydrogens (primary N) is 1. The van der Waals surface area contributed by atoms with Crippen LogP contribution in [0.15, 0.2) is 36.1 Å². The summed E-state index contributed by atoms with van der Waals surface area (Å²) in [6.07, 6.45) is 12.1. The lowest BCUT2D eigenvalue weighted by atomic mass is 9.88. The fourth-order valence-corrected chi connectivity index (χ4v) is 3.31. The van der Waals surface area contributed by atoms with Crippen LogP contribution in [-0.4, -0.2) is 42.1 Å². The molecule has 1 spiro atoms. The van der Waals surface area contributed by atoms with Crippen LogP contribution in [0.1, 0.15) is 12.8 Å². The number of amides is 2. The van der Waals surface area contributed by atoms with Crippen LogP contribution in [-0.2, 0) is 0 Å². The fourth-order valence-electron chi connectivity index (χ4n) is 3.31. The van der Waals surface area contributed by atoms with Crippen LogP contribution in [0.25, 0.3) is 0 Å². The van der Waals surface area contributed by atoms with Gasteiger partial charge in [-0.25, -0.2) is 4.79 Å². The predicted octanol–water partition coefficient (Wildman–Crippen LogP) is 0.471. The van der Waals surface area contributed by atoms with E-state index in [-0.39, 0.29) is 17.6 Å². The summed E-state index contributed by atoms with van der Waals surface area (Å²) < 4.78 is 0.